The van der Waals surface area contributed by atoms with Crippen LogP contribution in [0.1, 0.15) is 40.7 Å². The second kappa shape index (κ2) is 6.23. The highest BCUT2D eigenvalue weighted by Crippen LogP contribution is 2.32. The first-order valence-corrected chi connectivity index (χ1v) is 8.44. The molecule has 24 heavy (non-hydrogen) atoms. The molecule has 2 aromatic rings. The number of Topliss-reactive ketones (excluding diaryl/α,β-unsaturated/α-hetero) is 1. The van der Waals surface area contributed by atoms with Gasteiger partial charge in [0.1, 0.15) is 0 Å². The Kier molecular flexibility index (Phi) is 4.42. The van der Waals surface area contributed by atoms with Crippen LogP contribution in [0.5, 0.6) is 0 Å². The molecule has 0 radical (unpaired) electrons. The van der Waals surface area contributed by atoms with Crippen LogP contribution in [0.3, 0.4) is 0 Å². The number of ketones is 1. The van der Waals surface area contributed by atoms with E-state index in [0.717, 1.165) is 35.6 Å². The summed E-state index contributed by atoms with van der Waals surface area (Å²) < 4.78 is 39.1. The van der Waals surface area contributed by atoms with Crippen LogP contribution in [0.25, 0.3) is 0 Å². The van der Waals surface area contributed by atoms with Crippen molar-refractivity contribution >= 4 is 17.5 Å². The molecule has 4 nitrogen and oxygen atoms in total. The largest absolute Gasteiger partial charge is 0.451 e. The summed E-state index contributed by atoms with van der Waals surface area (Å²) >= 11 is 0.983. The Balaban J connectivity index is 1.76. The van der Waals surface area contributed by atoms with Crippen molar-refractivity contribution in [1.82, 2.24) is 14.8 Å². The quantitative estimate of drug-likeness (QED) is 0.620. The van der Waals surface area contributed by atoms with E-state index in [1.54, 1.807) is 13.0 Å². The summed E-state index contributed by atoms with van der Waals surface area (Å²) in [7, 11) is 1.25. The van der Waals surface area contributed by atoms with Gasteiger partial charge in [-0.3, -0.25) is 4.79 Å². The molecule has 0 N–H and O–H groups in total. The van der Waals surface area contributed by atoms with Crippen LogP contribution < -0.4 is 0 Å². The number of hydrogen-bond donors (Lipinski definition) is 0. The lowest BCUT2D eigenvalue weighted by Gasteiger charge is -2.11. The Morgan fingerprint density at radius 2 is 1.96 bits per heavy atom. The second-order valence-electron chi connectivity index (χ2n) is 5.82. The topological polar surface area (TPSA) is 47.8 Å². The summed E-state index contributed by atoms with van der Waals surface area (Å²) in [5.41, 5.74) is 3.06. The molecule has 1 aliphatic rings. The van der Waals surface area contributed by atoms with E-state index in [1.807, 2.05) is 12.1 Å². The van der Waals surface area contributed by atoms with Gasteiger partial charge in [-0.1, -0.05) is 23.9 Å². The van der Waals surface area contributed by atoms with Crippen LogP contribution in [0, 0.1) is 0 Å². The standard InChI is InChI=1S/C16H16F3N3OS/c1-9(24-15-21-20-14(22(15)2)16(17,18)19)13(23)12-7-6-10-4-3-5-11(10)8-12/h6-9H,3-5H2,1-2H3/t9-/m0/s1. The summed E-state index contributed by atoms with van der Waals surface area (Å²) in [6.45, 7) is 1.67. The number of carbonyl (C=O) groups is 1. The molecule has 0 aliphatic heterocycles. The van der Waals surface area contributed by atoms with Crippen molar-refractivity contribution in [1.29, 1.82) is 0 Å². The first-order valence-electron chi connectivity index (χ1n) is 7.56. The van der Waals surface area contributed by atoms with E-state index >= 15 is 0 Å². The number of halogens is 3. The summed E-state index contributed by atoms with van der Waals surface area (Å²) in [6.07, 6.45) is -1.46. The zero-order chi connectivity index (χ0) is 17.5. The molecule has 0 spiro atoms. The minimum atomic E-state index is -4.56. The predicted octanol–water partition coefficient (Wildman–Crippen LogP) is 3.69. The van der Waals surface area contributed by atoms with Crippen molar-refractivity contribution in [2.24, 2.45) is 7.05 Å². The summed E-state index contributed by atoms with van der Waals surface area (Å²) in [4.78, 5) is 12.6. The number of rotatable bonds is 4. The van der Waals surface area contributed by atoms with Crippen molar-refractivity contribution in [3.63, 3.8) is 0 Å². The number of carbonyl (C=O) groups excluding carboxylic acids is 1. The van der Waals surface area contributed by atoms with Gasteiger partial charge >= 0.3 is 6.18 Å². The van der Waals surface area contributed by atoms with Gasteiger partial charge in [-0.25, -0.2) is 0 Å². The maximum absolute atomic E-state index is 12.8. The van der Waals surface area contributed by atoms with E-state index in [9.17, 15) is 18.0 Å². The zero-order valence-electron chi connectivity index (χ0n) is 13.2. The minimum Gasteiger partial charge on any atom is -0.302 e. The number of fused-ring (bicyclic) bond motifs is 1. The fraction of sp³-hybridized carbons (Fsp3) is 0.438. The van der Waals surface area contributed by atoms with Crippen molar-refractivity contribution in [3.05, 3.63) is 40.7 Å². The van der Waals surface area contributed by atoms with Gasteiger partial charge in [-0.2, -0.15) is 13.2 Å². The second-order valence-corrected chi connectivity index (χ2v) is 7.13. The molecule has 128 valence electrons. The minimum absolute atomic E-state index is 0.0735. The van der Waals surface area contributed by atoms with E-state index < -0.39 is 17.3 Å². The van der Waals surface area contributed by atoms with Gasteiger partial charge < -0.3 is 4.57 Å². The third kappa shape index (κ3) is 3.19. The number of nitrogens with zero attached hydrogens (tertiary/aromatic N) is 3. The molecule has 1 aromatic carbocycles. The SMILES string of the molecule is C[C@H](Sc1nnc(C(F)(F)F)n1C)C(=O)c1ccc2c(c1)CCC2. The molecular weight excluding hydrogens is 339 g/mol. The number of benzene rings is 1. The first-order chi connectivity index (χ1) is 11.3. The molecule has 0 saturated carbocycles. The highest BCUT2D eigenvalue weighted by atomic mass is 32.2. The van der Waals surface area contributed by atoms with E-state index in [0.29, 0.717) is 5.56 Å². The highest BCUT2D eigenvalue weighted by molar-refractivity contribution is 8.00. The lowest BCUT2D eigenvalue weighted by Crippen LogP contribution is -2.16. The Morgan fingerprint density at radius 1 is 1.25 bits per heavy atom. The average molecular weight is 355 g/mol. The molecule has 1 aromatic heterocycles. The third-order valence-electron chi connectivity index (χ3n) is 4.12. The molecule has 3 rings (SSSR count). The van der Waals surface area contributed by atoms with Gasteiger partial charge in [-0.05, 0) is 43.4 Å². The van der Waals surface area contributed by atoms with Gasteiger partial charge in [0.2, 0.25) is 5.82 Å². The molecule has 1 heterocycles. The fourth-order valence-electron chi connectivity index (χ4n) is 2.84. The first kappa shape index (κ1) is 17.0. The van der Waals surface area contributed by atoms with Crippen molar-refractivity contribution in [2.75, 3.05) is 0 Å². The van der Waals surface area contributed by atoms with Gasteiger partial charge in [0.25, 0.3) is 0 Å². The monoisotopic (exact) mass is 355 g/mol. The number of hydrogen-bond acceptors (Lipinski definition) is 4. The molecule has 0 unspecified atom stereocenters. The molecule has 8 heteroatoms. The number of thioether (sulfide) groups is 1. The maximum atomic E-state index is 12.8. The maximum Gasteiger partial charge on any atom is 0.451 e. The van der Waals surface area contributed by atoms with E-state index in [-0.39, 0.29) is 10.9 Å². The molecule has 0 bridgehead atoms. The normalized spacial score (nSPS) is 15.4. The van der Waals surface area contributed by atoms with Crippen LogP contribution in [-0.2, 0) is 26.1 Å². The van der Waals surface area contributed by atoms with Crippen LogP contribution in [0.15, 0.2) is 23.4 Å². The summed E-state index contributed by atoms with van der Waals surface area (Å²) in [6, 6.07) is 5.66. The molecule has 0 fully saturated rings. The third-order valence-corrected chi connectivity index (χ3v) is 5.26. The van der Waals surface area contributed by atoms with Gasteiger partial charge in [0.05, 0.1) is 5.25 Å². The highest BCUT2D eigenvalue weighted by Gasteiger charge is 2.38. The molecular formula is C16H16F3N3OS. The van der Waals surface area contributed by atoms with Crippen molar-refractivity contribution in [3.8, 4) is 0 Å². The van der Waals surface area contributed by atoms with Crippen molar-refractivity contribution in [2.45, 2.75) is 42.8 Å². The van der Waals surface area contributed by atoms with Gasteiger partial charge in [0.15, 0.2) is 10.9 Å². The predicted molar refractivity (Wildman–Crippen MR) is 84.1 cm³/mol. The smallest absolute Gasteiger partial charge is 0.302 e. The molecule has 0 amide bonds. The summed E-state index contributed by atoms with van der Waals surface area (Å²) in [5.74, 6) is -1.19. The van der Waals surface area contributed by atoms with Crippen LogP contribution >= 0.6 is 11.8 Å². The molecule has 0 saturated heterocycles. The fourth-order valence-corrected chi connectivity index (χ4v) is 3.73. The number of aryl methyl sites for hydroxylation is 2. The number of alkyl halides is 3. The Hall–Kier alpha value is -1.83. The van der Waals surface area contributed by atoms with Gasteiger partial charge in [-0.15, -0.1) is 10.2 Å². The van der Waals surface area contributed by atoms with Crippen LogP contribution in [0.2, 0.25) is 0 Å². The Morgan fingerprint density at radius 3 is 2.62 bits per heavy atom. The van der Waals surface area contributed by atoms with Gasteiger partial charge in [0, 0.05) is 12.6 Å². The molecule has 1 aliphatic carbocycles. The van der Waals surface area contributed by atoms with E-state index in [4.69, 9.17) is 0 Å². The van der Waals surface area contributed by atoms with E-state index in [1.165, 1.54) is 18.2 Å². The lowest BCUT2D eigenvalue weighted by atomic mass is 10.0. The van der Waals surface area contributed by atoms with Crippen LogP contribution in [-0.4, -0.2) is 25.8 Å². The molecule has 1 atom stereocenters. The Labute approximate surface area is 141 Å². The number of aromatic nitrogens is 3. The lowest BCUT2D eigenvalue weighted by molar-refractivity contribution is -0.147. The van der Waals surface area contributed by atoms with Crippen LogP contribution in [0.4, 0.5) is 13.2 Å². The Bertz CT molecular complexity index is 785. The summed E-state index contributed by atoms with van der Waals surface area (Å²) in [5, 5.41) is 6.26. The average Bonchev–Trinajstić information content (AvgIpc) is 3.12. The van der Waals surface area contributed by atoms with Crippen molar-refractivity contribution < 1.29 is 18.0 Å². The zero-order valence-corrected chi connectivity index (χ0v) is 14.0. The van der Waals surface area contributed by atoms with E-state index in [2.05, 4.69) is 10.2 Å².